The zero-order chi connectivity index (χ0) is 28.8. The first-order valence-electron chi connectivity index (χ1n) is 14.8. The van der Waals surface area contributed by atoms with Gasteiger partial charge in [0.15, 0.2) is 0 Å². The van der Waals surface area contributed by atoms with Gasteiger partial charge >= 0.3 is 0 Å². The van der Waals surface area contributed by atoms with Crippen LogP contribution in [-0.4, -0.2) is 6.21 Å². The minimum Gasteiger partial charge on any atom is -0.288 e. The molecule has 0 bridgehead atoms. The van der Waals surface area contributed by atoms with Gasteiger partial charge in [-0.1, -0.05) is 140 Å². The number of aliphatic imine (C=N–C) groups is 1. The lowest BCUT2D eigenvalue weighted by Crippen LogP contribution is -1.94. The summed E-state index contributed by atoms with van der Waals surface area (Å²) in [7, 11) is 0. The summed E-state index contributed by atoms with van der Waals surface area (Å²) >= 11 is 0. The first-order valence-corrected chi connectivity index (χ1v) is 14.8. The average Bonchev–Trinajstić information content (AvgIpc) is 3.08. The lowest BCUT2D eigenvalue weighted by atomic mass is 9.92. The van der Waals surface area contributed by atoms with Gasteiger partial charge < -0.3 is 0 Å². The molecule has 0 amide bonds. The molecule has 0 heterocycles. The van der Waals surface area contributed by atoms with Crippen LogP contribution in [0.15, 0.2) is 151 Å². The highest BCUT2D eigenvalue weighted by Gasteiger charge is 2.12. The van der Waals surface area contributed by atoms with E-state index in [2.05, 4.69) is 146 Å². The summed E-state index contributed by atoms with van der Waals surface area (Å²) in [4.78, 5) is 4.96. The maximum atomic E-state index is 4.96. The molecule has 0 aliphatic carbocycles. The van der Waals surface area contributed by atoms with Crippen LogP contribution in [0.1, 0.15) is 16.7 Å². The van der Waals surface area contributed by atoms with Crippen molar-refractivity contribution in [2.24, 2.45) is 4.99 Å². The van der Waals surface area contributed by atoms with Crippen molar-refractivity contribution < 1.29 is 0 Å². The topological polar surface area (TPSA) is 12.4 Å². The summed E-state index contributed by atoms with van der Waals surface area (Å²) in [5.74, 6) is 0. The van der Waals surface area contributed by atoms with Crippen molar-refractivity contribution in [2.75, 3.05) is 0 Å². The summed E-state index contributed by atoms with van der Waals surface area (Å²) in [5, 5.41) is 12.7. The molecule has 0 aliphatic heterocycles. The van der Waals surface area contributed by atoms with Gasteiger partial charge in [-0.15, -0.1) is 0 Å². The second-order valence-electron chi connectivity index (χ2n) is 11.1. The van der Waals surface area contributed by atoms with Crippen LogP contribution in [-0.2, 0) is 6.54 Å². The molecule has 0 radical (unpaired) electrons. The molecule has 1 nitrogen and oxygen atoms in total. The number of nitrogens with zero attached hydrogens (tertiary/aromatic N) is 1. The van der Waals surface area contributed by atoms with Gasteiger partial charge in [0.25, 0.3) is 0 Å². The van der Waals surface area contributed by atoms with Crippen LogP contribution < -0.4 is 0 Å². The number of hydrogen-bond acceptors (Lipinski definition) is 1. The van der Waals surface area contributed by atoms with Crippen LogP contribution in [0.3, 0.4) is 0 Å². The largest absolute Gasteiger partial charge is 0.288 e. The quantitative estimate of drug-likeness (QED) is 0.150. The second kappa shape index (κ2) is 10.4. The number of fused-ring (bicyclic) bond motifs is 9. The Morgan fingerprint density at radius 3 is 1.47 bits per heavy atom. The molecule has 8 aromatic rings. The van der Waals surface area contributed by atoms with E-state index in [-0.39, 0.29) is 0 Å². The molecule has 43 heavy (non-hydrogen) atoms. The third kappa shape index (κ3) is 4.21. The van der Waals surface area contributed by atoms with Crippen LogP contribution in [0.25, 0.3) is 71.1 Å². The first-order chi connectivity index (χ1) is 21.3. The minimum atomic E-state index is 0.604. The zero-order valence-electron chi connectivity index (χ0n) is 23.8. The molecule has 0 aromatic heterocycles. The van der Waals surface area contributed by atoms with E-state index in [1.807, 2.05) is 12.3 Å². The van der Waals surface area contributed by atoms with E-state index in [0.29, 0.717) is 6.54 Å². The predicted molar refractivity (Wildman–Crippen MR) is 187 cm³/mol. The van der Waals surface area contributed by atoms with Gasteiger partial charge in [0.2, 0.25) is 0 Å². The second-order valence-corrected chi connectivity index (χ2v) is 11.1. The van der Waals surface area contributed by atoms with Crippen molar-refractivity contribution in [3.8, 4) is 11.1 Å². The Balaban J connectivity index is 1.18. The Morgan fingerprint density at radius 2 is 0.884 bits per heavy atom. The summed E-state index contributed by atoms with van der Waals surface area (Å²) < 4.78 is 0. The van der Waals surface area contributed by atoms with E-state index in [1.54, 1.807) is 0 Å². The number of rotatable bonds is 5. The van der Waals surface area contributed by atoms with Gasteiger partial charge in [0.05, 0.1) is 6.54 Å². The number of benzene rings is 8. The molecule has 0 saturated carbocycles. The highest BCUT2D eigenvalue weighted by atomic mass is 14.7. The van der Waals surface area contributed by atoms with Gasteiger partial charge in [-0.2, -0.15) is 0 Å². The third-order valence-electron chi connectivity index (χ3n) is 8.72. The Labute approximate surface area is 251 Å². The number of hydrogen-bond donors (Lipinski definition) is 0. The van der Waals surface area contributed by atoms with Gasteiger partial charge in [0.1, 0.15) is 0 Å². The van der Waals surface area contributed by atoms with Gasteiger partial charge in [-0.3, -0.25) is 4.99 Å². The molecule has 202 valence electrons. The van der Waals surface area contributed by atoms with Crippen LogP contribution in [0.5, 0.6) is 0 Å². The van der Waals surface area contributed by atoms with Crippen molar-refractivity contribution in [1.29, 1.82) is 0 Å². The Morgan fingerprint density at radius 1 is 0.419 bits per heavy atom. The highest BCUT2D eigenvalue weighted by Crippen LogP contribution is 2.37. The van der Waals surface area contributed by atoms with E-state index >= 15 is 0 Å². The smallest absolute Gasteiger partial charge is 0.0640 e. The molecule has 0 fully saturated rings. The fraction of sp³-hybridized carbons (Fsp3) is 0.0238. The van der Waals surface area contributed by atoms with Gasteiger partial charge in [0, 0.05) is 11.8 Å². The van der Waals surface area contributed by atoms with Crippen molar-refractivity contribution in [3.05, 3.63) is 163 Å². The zero-order valence-corrected chi connectivity index (χ0v) is 23.8. The molecule has 0 aliphatic rings. The predicted octanol–water partition coefficient (Wildman–Crippen LogP) is 11.4. The van der Waals surface area contributed by atoms with Crippen molar-refractivity contribution >= 4 is 66.2 Å². The fourth-order valence-electron chi connectivity index (χ4n) is 6.73. The Hall–Kier alpha value is -5.53. The Bertz CT molecular complexity index is 2360. The van der Waals surface area contributed by atoms with E-state index in [1.165, 1.54) is 70.6 Å². The van der Waals surface area contributed by atoms with Crippen LogP contribution in [0, 0.1) is 0 Å². The summed E-state index contributed by atoms with van der Waals surface area (Å²) in [5.41, 5.74) is 5.85. The molecule has 0 saturated heterocycles. The lowest BCUT2D eigenvalue weighted by Gasteiger charge is -2.13. The molecule has 0 N–H and O–H groups in total. The molecule has 8 rings (SSSR count). The highest BCUT2D eigenvalue weighted by molar-refractivity contribution is 6.25. The van der Waals surface area contributed by atoms with Gasteiger partial charge in [-0.25, -0.2) is 0 Å². The van der Waals surface area contributed by atoms with Crippen molar-refractivity contribution in [3.63, 3.8) is 0 Å². The molecular formula is C42H29N. The summed E-state index contributed by atoms with van der Waals surface area (Å²) in [6.07, 6.45) is 4.00. The van der Waals surface area contributed by atoms with Crippen LogP contribution in [0.4, 0.5) is 0 Å². The molecular weight excluding hydrogens is 518 g/mol. The van der Waals surface area contributed by atoms with Crippen molar-refractivity contribution in [1.82, 2.24) is 0 Å². The SMILES string of the molecule is C=Cc1c(/C=N\Cc2cccc(-c3ccc4c5ccccc5c5ccccc5c4c3)c2)c2ccccc2c2ccccc12. The minimum absolute atomic E-state index is 0.604. The maximum absolute atomic E-state index is 4.96. The monoisotopic (exact) mass is 547 g/mol. The molecule has 0 atom stereocenters. The van der Waals surface area contributed by atoms with E-state index in [4.69, 9.17) is 4.99 Å². The summed E-state index contributed by atoms with van der Waals surface area (Å²) in [6.45, 7) is 4.76. The van der Waals surface area contributed by atoms with Crippen LogP contribution >= 0.6 is 0 Å². The molecule has 0 spiro atoms. The first kappa shape index (κ1) is 25.2. The summed E-state index contributed by atoms with van der Waals surface area (Å²) in [6, 6.07) is 50.3. The van der Waals surface area contributed by atoms with Crippen molar-refractivity contribution in [2.45, 2.75) is 6.54 Å². The van der Waals surface area contributed by atoms with E-state index in [9.17, 15) is 0 Å². The van der Waals surface area contributed by atoms with Crippen LogP contribution in [0.2, 0.25) is 0 Å². The molecule has 0 unspecified atom stereocenters. The lowest BCUT2D eigenvalue weighted by molar-refractivity contribution is 1.08. The molecule has 8 aromatic carbocycles. The normalized spacial score (nSPS) is 11.8. The van der Waals surface area contributed by atoms with Gasteiger partial charge in [-0.05, 0) is 88.2 Å². The standard InChI is InChI=1S/C42H29N/c1-2-31-32-14-3-4-15-33(32)36-18-8-10-21-39(36)42(31)27-43-26-28-12-11-13-29(24-28)30-22-23-40-37-19-6-5-16-34(37)35-17-7-9-20-38(35)41(40)25-30/h2-25,27H,1,26H2/b43-27-. The Kier molecular flexibility index (Phi) is 6.09. The third-order valence-corrected chi connectivity index (χ3v) is 8.72. The fourth-order valence-corrected chi connectivity index (χ4v) is 6.73. The molecule has 1 heteroatoms. The average molecular weight is 548 g/mol. The van der Waals surface area contributed by atoms with E-state index < -0.39 is 0 Å². The maximum Gasteiger partial charge on any atom is 0.0640 e. The van der Waals surface area contributed by atoms with E-state index in [0.717, 1.165) is 11.1 Å².